The summed E-state index contributed by atoms with van der Waals surface area (Å²) in [5.41, 5.74) is 0. The van der Waals surface area contributed by atoms with Crippen LogP contribution in [-0.4, -0.2) is 37.8 Å². The van der Waals surface area contributed by atoms with Crippen LogP contribution in [0.3, 0.4) is 0 Å². The minimum Gasteiger partial charge on any atom is -0.281 e. The van der Waals surface area contributed by atoms with Gasteiger partial charge in [0.1, 0.15) is 0 Å². The predicted octanol–water partition coefficient (Wildman–Crippen LogP) is 0.0856. The number of rotatable bonds is 2. The molecule has 0 aliphatic carbocycles. The zero-order valence-electron chi connectivity index (χ0n) is 6.69. The molecule has 16 heavy (non-hydrogen) atoms. The van der Waals surface area contributed by atoms with E-state index < -0.39 is 36.6 Å². The predicted molar refractivity (Wildman–Crippen MR) is 35.3 cm³/mol. The van der Waals surface area contributed by atoms with Gasteiger partial charge in [0.25, 0.3) is 0 Å². The van der Waals surface area contributed by atoms with E-state index in [1.54, 1.807) is 0 Å². The van der Waals surface area contributed by atoms with E-state index in [1.807, 2.05) is 0 Å². The second kappa shape index (κ2) is 2.83. The van der Waals surface area contributed by atoms with E-state index in [0.29, 0.717) is 0 Å². The highest BCUT2D eigenvalue weighted by Crippen LogP contribution is 2.61. The van der Waals surface area contributed by atoms with E-state index in [0.717, 1.165) is 0 Å². The molecule has 0 amide bonds. The highest BCUT2D eigenvalue weighted by Gasteiger charge is 2.95. The van der Waals surface area contributed by atoms with E-state index in [9.17, 15) is 38.8 Å². The number of halogens is 5. The second-order valence-electron chi connectivity index (χ2n) is 2.64. The Morgan fingerprint density at radius 2 is 1.44 bits per heavy atom. The second-order valence-corrected chi connectivity index (χ2v) is 5.76. The Bertz CT molecular complexity index is 515. The smallest absolute Gasteiger partial charge is 0.281 e. The van der Waals surface area contributed by atoms with Crippen LogP contribution in [0, 0.1) is 0 Å². The fourth-order valence-corrected chi connectivity index (χ4v) is 3.24. The first kappa shape index (κ1) is 13.5. The van der Waals surface area contributed by atoms with Gasteiger partial charge in [0.15, 0.2) is 0 Å². The highest BCUT2D eigenvalue weighted by molar-refractivity contribution is 7.96. The number of hydrogen-bond donors (Lipinski definition) is 1. The summed E-state index contributed by atoms with van der Waals surface area (Å²) in [6.07, 6.45) is -6.22. The molecule has 1 rings (SSSR count). The van der Waals surface area contributed by atoms with Gasteiger partial charge in [-0.25, -0.2) is 4.18 Å². The van der Waals surface area contributed by atoms with Crippen LogP contribution in [0.5, 0.6) is 0 Å². The average molecular weight is 292 g/mol. The Kier molecular flexibility index (Phi) is 2.39. The normalized spacial score (nSPS) is 30.1. The summed E-state index contributed by atoms with van der Waals surface area (Å²) in [6.45, 7) is 0. The molecule has 13 heteroatoms. The SMILES string of the molecule is O=S(=O)(O)C(F)(F)C1(C(F)(F)F)OS1(=O)=O. The Morgan fingerprint density at radius 3 is 1.50 bits per heavy atom. The minimum absolute atomic E-state index is 2.81. The van der Waals surface area contributed by atoms with Crippen LogP contribution in [0.1, 0.15) is 0 Å². The van der Waals surface area contributed by atoms with Gasteiger partial charge in [0.05, 0.1) is 0 Å². The molecule has 0 aromatic carbocycles. The van der Waals surface area contributed by atoms with Crippen LogP contribution in [0.25, 0.3) is 0 Å². The van der Waals surface area contributed by atoms with Gasteiger partial charge in [0, 0.05) is 0 Å². The van der Waals surface area contributed by atoms with Crippen molar-refractivity contribution in [3.63, 3.8) is 0 Å². The summed E-state index contributed by atoms with van der Waals surface area (Å²) in [5, 5.41) is -6.04. The van der Waals surface area contributed by atoms with E-state index in [4.69, 9.17) is 4.55 Å². The first-order valence-electron chi connectivity index (χ1n) is 3.07. The fraction of sp³-hybridized carbons (Fsp3) is 1.00. The summed E-state index contributed by atoms with van der Waals surface area (Å²) in [6, 6.07) is 0. The van der Waals surface area contributed by atoms with E-state index in [2.05, 4.69) is 4.18 Å². The molecule has 0 aromatic rings. The molecule has 6 nitrogen and oxygen atoms in total. The molecule has 1 aliphatic heterocycles. The minimum atomic E-state index is -6.61. The standard InChI is InChI=1S/C3HF5O6S2/c4-2(5,6)1(14-16(1,12)13)3(7,8)15(9,10)11/h(H,9,10,11). The van der Waals surface area contributed by atoms with E-state index >= 15 is 0 Å². The molecular formula is C3HF5O6S2. The molecular weight excluding hydrogens is 291 g/mol. The molecule has 0 spiro atoms. The Morgan fingerprint density at radius 1 is 1.12 bits per heavy atom. The van der Waals surface area contributed by atoms with Crippen molar-refractivity contribution in [3.05, 3.63) is 0 Å². The van der Waals surface area contributed by atoms with Crippen molar-refractivity contribution in [1.29, 1.82) is 0 Å². The molecule has 1 N–H and O–H groups in total. The zero-order chi connectivity index (χ0) is 13.2. The first-order chi connectivity index (χ1) is 6.71. The highest BCUT2D eigenvalue weighted by atomic mass is 32.2. The maximum absolute atomic E-state index is 12.7. The van der Waals surface area contributed by atoms with Gasteiger partial charge in [0.2, 0.25) is 0 Å². The summed E-state index contributed by atoms with van der Waals surface area (Å²) < 4.78 is 113. The van der Waals surface area contributed by atoms with Gasteiger partial charge in [-0.05, 0) is 0 Å². The fourth-order valence-electron chi connectivity index (χ4n) is 0.855. The number of hydrogen-bond acceptors (Lipinski definition) is 5. The Labute approximate surface area is 84.9 Å². The molecule has 1 heterocycles. The molecule has 0 bridgehead atoms. The third-order valence-corrected chi connectivity index (χ3v) is 4.29. The summed E-state index contributed by atoms with van der Waals surface area (Å²) in [4.78, 5) is -5.24. The van der Waals surface area contributed by atoms with Gasteiger partial charge in [-0.15, -0.1) is 0 Å². The lowest BCUT2D eigenvalue weighted by molar-refractivity contribution is -0.225. The molecule has 96 valence electrons. The van der Waals surface area contributed by atoms with Crippen molar-refractivity contribution in [1.82, 2.24) is 0 Å². The average Bonchev–Trinajstić information content (AvgIpc) is 2.51. The van der Waals surface area contributed by atoms with Crippen molar-refractivity contribution in [2.75, 3.05) is 0 Å². The van der Waals surface area contributed by atoms with Gasteiger partial charge in [-0.1, -0.05) is 0 Å². The molecule has 0 radical (unpaired) electrons. The topological polar surface area (TPSA) is 101 Å². The van der Waals surface area contributed by atoms with E-state index in [1.165, 1.54) is 0 Å². The summed E-state index contributed by atoms with van der Waals surface area (Å²) in [5.74, 6) is 0. The Balaban J connectivity index is 3.53. The van der Waals surface area contributed by atoms with Crippen LogP contribution in [0.2, 0.25) is 0 Å². The molecule has 1 aliphatic rings. The molecule has 1 unspecified atom stereocenters. The van der Waals surface area contributed by atoms with Crippen molar-refractivity contribution < 1.29 is 47.5 Å². The quantitative estimate of drug-likeness (QED) is 0.439. The summed E-state index contributed by atoms with van der Waals surface area (Å²) >= 11 is 0. The molecule has 1 fully saturated rings. The molecule has 0 saturated carbocycles. The van der Waals surface area contributed by atoms with Crippen LogP contribution < -0.4 is 0 Å². The van der Waals surface area contributed by atoms with Crippen LogP contribution >= 0.6 is 0 Å². The van der Waals surface area contributed by atoms with Gasteiger partial charge in [-0.3, -0.25) is 4.55 Å². The van der Waals surface area contributed by atoms with Crippen molar-refractivity contribution in [2.45, 2.75) is 16.4 Å². The van der Waals surface area contributed by atoms with Crippen molar-refractivity contribution in [2.24, 2.45) is 0 Å². The number of alkyl halides is 5. The maximum atomic E-state index is 12.7. The lowest BCUT2D eigenvalue weighted by Crippen LogP contribution is -2.54. The van der Waals surface area contributed by atoms with Crippen LogP contribution in [0.4, 0.5) is 22.0 Å². The van der Waals surface area contributed by atoms with Crippen LogP contribution in [-0.2, 0) is 24.4 Å². The molecule has 1 atom stereocenters. The van der Waals surface area contributed by atoms with E-state index in [-0.39, 0.29) is 0 Å². The van der Waals surface area contributed by atoms with Crippen molar-refractivity contribution >= 4 is 20.2 Å². The van der Waals surface area contributed by atoms with Gasteiger partial charge >= 0.3 is 36.6 Å². The Hall–Kier alpha value is -0.530. The molecule has 0 aromatic heterocycles. The third-order valence-electron chi connectivity index (χ3n) is 1.63. The zero-order valence-corrected chi connectivity index (χ0v) is 8.33. The van der Waals surface area contributed by atoms with Crippen LogP contribution in [0.15, 0.2) is 0 Å². The lowest BCUT2D eigenvalue weighted by atomic mass is 10.3. The largest absolute Gasteiger partial charge is 0.443 e. The monoisotopic (exact) mass is 292 g/mol. The lowest BCUT2D eigenvalue weighted by Gasteiger charge is -2.19. The van der Waals surface area contributed by atoms with Gasteiger partial charge < -0.3 is 0 Å². The first-order valence-corrected chi connectivity index (χ1v) is 5.92. The summed E-state index contributed by atoms with van der Waals surface area (Å²) in [7, 11) is -12.4. The van der Waals surface area contributed by atoms with Crippen molar-refractivity contribution in [3.8, 4) is 0 Å². The van der Waals surface area contributed by atoms with Gasteiger partial charge in [-0.2, -0.15) is 38.8 Å². The third kappa shape index (κ3) is 1.34. The molecule has 1 saturated heterocycles. The maximum Gasteiger partial charge on any atom is 0.443 e.